The monoisotopic (exact) mass is 376 g/mol. The van der Waals surface area contributed by atoms with Crippen LogP contribution >= 0.6 is 8.79 Å². The Hall–Kier alpha value is 0.398. The van der Waals surface area contributed by atoms with Crippen molar-refractivity contribution in [3.8, 4) is 0 Å². The Morgan fingerprint density at radius 3 is 1.81 bits per heavy atom. The predicted molar refractivity (Wildman–Crippen MR) is 105 cm³/mol. The minimum atomic E-state index is -2.49. The Morgan fingerprint density at radius 2 is 1.38 bits per heavy atom. The molecule has 0 aromatic heterocycles. The molecule has 0 bridgehead atoms. The van der Waals surface area contributed by atoms with Gasteiger partial charge in [0.1, 0.15) is 0 Å². The maximum Gasteiger partial charge on any atom is 0.372 e. The Labute approximate surface area is 136 Å². The van der Waals surface area contributed by atoms with Crippen LogP contribution in [0.25, 0.3) is 0 Å². The van der Waals surface area contributed by atoms with Crippen LogP contribution in [0.2, 0.25) is 45.8 Å². The molecule has 0 spiro atoms. The van der Waals surface area contributed by atoms with Gasteiger partial charge in [0.05, 0.1) is 0 Å². The average Bonchev–Trinajstić information content (AvgIpc) is 2.24. The summed E-state index contributed by atoms with van der Waals surface area (Å²) >= 11 is 0. The van der Waals surface area contributed by atoms with Crippen LogP contribution in [0.4, 0.5) is 0 Å². The van der Waals surface area contributed by atoms with Gasteiger partial charge in [-0.15, -0.1) is 0 Å². The molecule has 3 unspecified atom stereocenters. The summed E-state index contributed by atoms with van der Waals surface area (Å²) in [6, 6.07) is 10.3. The van der Waals surface area contributed by atoms with Crippen molar-refractivity contribution in [1.29, 1.82) is 0 Å². The van der Waals surface area contributed by atoms with Crippen LogP contribution in [0.5, 0.6) is 0 Å². The molecular formula is C13H29O3PSi4. The van der Waals surface area contributed by atoms with E-state index in [-0.39, 0.29) is 0 Å². The average molecular weight is 377 g/mol. The molecule has 3 atom stereocenters. The number of hydrogen-bond donors (Lipinski definition) is 0. The van der Waals surface area contributed by atoms with Gasteiger partial charge in [-0.05, 0) is 51.0 Å². The summed E-state index contributed by atoms with van der Waals surface area (Å²) in [7, 11) is -4.57. The van der Waals surface area contributed by atoms with Crippen LogP contribution in [0.1, 0.15) is 0 Å². The van der Waals surface area contributed by atoms with E-state index in [4.69, 9.17) is 12.3 Å². The zero-order valence-corrected chi connectivity index (χ0v) is 19.6. The minimum absolute atomic E-state index is 1.16. The maximum absolute atomic E-state index is 6.49. The first-order valence-corrected chi connectivity index (χ1v) is 19.9. The van der Waals surface area contributed by atoms with E-state index in [1.165, 1.54) is 0 Å². The van der Waals surface area contributed by atoms with Crippen LogP contribution in [-0.4, -0.2) is 34.1 Å². The first-order valence-electron chi connectivity index (χ1n) is 7.31. The molecular weight excluding hydrogens is 347 g/mol. The highest BCUT2D eigenvalue weighted by Gasteiger charge is 2.41. The SMILES string of the molecule is C[SiH](O[Si](C)(C)C)O[Si](P)(O[Si](C)(C)C)c1ccccc1. The van der Waals surface area contributed by atoms with E-state index in [0.29, 0.717) is 0 Å². The van der Waals surface area contributed by atoms with Gasteiger partial charge in [0.15, 0.2) is 16.6 Å². The first kappa shape index (κ1) is 19.4. The lowest BCUT2D eigenvalue weighted by molar-refractivity contribution is 0.374. The first-order chi connectivity index (χ1) is 9.41. The van der Waals surface area contributed by atoms with Gasteiger partial charge in [-0.1, -0.05) is 39.1 Å². The fourth-order valence-corrected chi connectivity index (χ4v) is 20.0. The molecule has 0 fully saturated rings. The molecule has 0 radical (unpaired) electrons. The summed E-state index contributed by atoms with van der Waals surface area (Å²) in [5.41, 5.74) is 0. The Bertz CT molecular complexity index is 447. The molecule has 1 rings (SSSR count). The molecule has 8 heteroatoms. The lowest BCUT2D eigenvalue weighted by Gasteiger charge is -2.37. The fourth-order valence-electron chi connectivity index (χ4n) is 2.04. The van der Waals surface area contributed by atoms with Crippen molar-refractivity contribution >= 4 is 48.1 Å². The van der Waals surface area contributed by atoms with Gasteiger partial charge < -0.3 is 12.3 Å². The Morgan fingerprint density at radius 1 is 0.857 bits per heavy atom. The van der Waals surface area contributed by atoms with Gasteiger partial charge in [-0.2, -0.15) is 0 Å². The summed E-state index contributed by atoms with van der Waals surface area (Å²) in [6.07, 6.45) is 0. The standard InChI is InChI=1S/C13H29O3PSi4/c1-18(14-19(2,3)4)15-21(17,16-20(5,6)7)13-11-9-8-10-12-13/h8-12,18H,17H2,1-7H3. The normalized spacial score (nSPS) is 17.3. The largest absolute Gasteiger partial charge is 0.439 e. The summed E-state index contributed by atoms with van der Waals surface area (Å²) in [6.45, 7) is 15.3. The van der Waals surface area contributed by atoms with Crippen molar-refractivity contribution in [3.63, 3.8) is 0 Å². The van der Waals surface area contributed by atoms with E-state index in [9.17, 15) is 0 Å². The summed E-state index contributed by atoms with van der Waals surface area (Å²) < 4.78 is 19.1. The van der Waals surface area contributed by atoms with Crippen molar-refractivity contribution < 1.29 is 12.3 Å². The van der Waals surface area contributed by atoms with E-state index < -0.39 is 34.1 Å². The van der Waals surface area contributed by atoms with Crippen LogP contribution < -0.4 is 5.19 Å². The van der Waals surface area contributed by atoms with Gasteiger partial charge in [0, 0.05) is 0 Å². The number of benzene rings is 1. The molecule has 0 heterocycles. The second kappa shape index (κ2) is 7.31. The van der Waals surface area contributed by atoms with Crippen LogP contribution in [0.15, 0.2) is 30.3 Å². The number of hydrogen-bond acceptors (Lipinski definition) is 3. The van der Waals surface area contributed by atoms with Crippen LogP contribution in [-0.2, 0) is 12.3 Å². The van der Waals surface area contributed by atoms with Gasteiger partial charge >= 0.3 is 8.23 Å². The van der Waals surface area contributed by atoms with Gasteiger partial charge in [0.2, 0.25) is 0 Å². The van der Waals surface area contributed by atoms with Crippen molar-refractivity contribution in [2.24, 2.45) is 0 Å². The fraction of sp³-hybridized carbons (Fsp3) is 0.538. The smallest absolute Gasteiger partial charge is 0.372 e. The van der Waals surface area contributed by atoms with Gasteiger partial charge in [-0.3, -0.25) is 0 Å². The molecule has 0 aliphatic rings. The molecule has 0 aliphatic carbocycles. The molecule has 1 aromatic carbocycles. The van der Waals surface area contributed by atoms with Crippen LogP contribution in [0, 0.1) is 0 Å². The molecule has 0 aliphatic heterocycles. The van der Waals surface area contributed by atoms with E-state index in [1.54, 1.807) is 0 Å². The molecule has 1 aromatic rings. The van der Waals surface area contributed by atoms with E-state index in [0.717, 1.165) is 5.19 Å². The quantitative estimate of drug-likeness (QED) is 0.540. The molecule has 3 nitrogen and oxygen atoms in total. The Balaban J connectivity index is 2.98. The highest BCUT2D eigenvalue weighted by atomic mass is 31.3. The van der Waals surface area contributed by atoms with Crippen molar-refractivity contribution in [2.75, 3.05) is 0 Å². The Kier molecular flexibility index (Phi) is 6.77. The molecule has 120 valence electrons. The topological polar surface area (TPSA) is 27.7 Å². The minimum Gasteiger partial charge on any atom is -0.439 e. The lowest BCUT2D eigenvalue weighted by atomic mass is 10.4. The van der Waals surface area contributed by atoms with Crippen molar-refractivity contribution in [1.82, 2.24) is 0 Å². The predicted octanol–water partition coefficient (Wildman–Crippen LogP) is 3.28. The zero-order chi connectivity index (χ0) is 16.3. The number of rotatable bonds is 7. The molecule has 0 saturated heterocycles. The van der Waals surface area contributed by atoms with E-state index in [2.05, 4.69) is 66.7 Å². The summed E-state index contributed by atoms with van der Waals surface area (Å²) in [5, 5.41) is 1.16. The molecule has 21 heavy (non-hydrogen) atoms. The third kappa shape index (κ3) is 7.47. The summed E-state index contributed by atoms with van der Waals surface area (Å²) in [5.74, 6) is 0. The second-order valence-electron chi connectivity index (χ2n) is 7.16. The third-order valence-corrected chi connectivity index (χ3v) is 17.5. The van der Waals surface area contributed by atoms with Crippen molar-refractivity contribution in [2.45, 2.75) is 45.8 Å². The third-order valence-electron chi connectivity index (χ3n) is 2.49. The maximum atomic E-state index is 6.49. The lowest BCUT2D eigenvalue weighted by Crippen LogP contribution is -2.57. The zero-order valence-electron chi connectivity index (χ0n) is 14.3. The van der Waals surface area contributed by atoms with E-state index in [1.807, 2.05) is 18.2 Å². The van der Waals surface area contributed by atoms with Crippen LogP contribution in [0.3, 0.4) is 0 Å². The highest BCUT2D eigenvalue weighted by Crippen LogP contribution is 2.24. The molecule has 0 N–H and O–H groups in total. The van der Waals surface area contributed by atoms with Crippen molar-refractivity contribution in [3.05, 3.63) is 30.3 Å². The second-order valence-corrected chi connectivity index (χ2v) is 23.6. The summed E-state index contributed by atoms with van der Waals surface area (Å²) in [4.78, 5) is 0. The van der Waals surface area contributed by atoms with Gasteiger partial charge in [-0.25, -0.2) is 0 Å². The molecule has 0 saturated carbocycles. The van der Waals surface area contributed by atoms with E-state index >= 15 is 0 Å². The molecule has 0 amide bonds. The highest BCUT2D eigenvalue weighted by molar-refractivity contribution is 7.69. The van der Waals surface area contributed by atoms with Gasteiger partial charge in [0.25, 0.3) is 9.28 Å².